The summed E-state index contributed by atoms with van der Waals surface area (Å²) in [6.45, 7) is 5.86. The van der Waals surface area contributed by atoms with E-state index in [4.69, 9.17) is 12.2 Å². The van der Waals surface area contributed by atoms with Gasteiger partial charge >= 0.3 is 0 Å². The fourth-order valence-corrected chi connectivity index (χ4v) is 4.05. The van der Waals surface area contributed by atoms with Crippen LogP contribution in [-0.4, -0.2) is 49.7 Å². The highest BCUT2D eigenvalue weighted by atomic mass is 32.2. The number of carbonyl (C=O) groups is 1. The Labute approximate surface area is 141 Å². The maximum atomic E-state index is 12.5. The molecule has 0 saturated carbocycles. The Balaban J connectivity index is 1.85. The first kappa shape index (κ1) is 17.5. The molecular formula is C15H26N4OS2. The molecule has 7 heteroatoms. The Morgan fingerprint density at radius 1 is 1.50 bits per heavy atom. The maximum Gasteiger partial charge on any atom is 0.235 e. The van der Waals surface area contributed by atoms with Crippen LogP contribution >= 0.6 is 24.0 Å². The first-order valence-electron chi connectivity index (χ1n) is 8.06. The molecule has 22 heavy (non-hydrogen) atoms. The summed E-state index contributed by atoms with van der Waals surface area (Å²) < 4.78 is 2.61. The Kier molecular flexibility index (Phi) is 6.50. The number of thioether (sulfide) groups is 1. The smallest absolute Gasteiger partial charge is 0.235 e. The Bertz CT molecular complexity index is 546. The maximum absolute atomic E-state index is 12.5. The van der Waals surface area contributed by atoms with Gasteiger partial charge in [0.1, 0.15) is 5.82 Å². The third kappa shape index (κ3) is 4.13. The predicted molar refractivity (Wildman–Crippen MR) is 93.8 cm³/mol. The van der Waals surface area contributed by atoms with Crippen LogP contribution in [0.1, 0.15) is 51.3 Å². The Morgan fingerprint density at radius 2 is 2.18 bits per heavy atom. The van der Waals surface area contributed by atoms with Crippen LogP contribution < -0.4 is 0 Å². The lowest BCUT2D eigenvalue weighted by Gasteiger charge is -2.33. The summed E-state index contributed by atoms with van der Waals surface area (Å²) in [7, 11) is 1.95. The average molecular weight is 343 g/mol. The minimum absolute atomic E-state index is 0.0730. The number of nitrogens with one attached hydrogen (secondary N) is 1. The minimum atomic E-state index is 0.0730. The summed E-state index contributed by atoms with van der Waals surface area (Å²) in [6, 6.07) is 0. The molecule has 1 aliphatic rings. The van der Waals surface area contributed by atoms with Gasteiger partial charge in [-0.05, 0) is 44.2 Å². The van der Waals surface area contributed by atoms with Crippen LogP contribution in [0.25, 0.3) is 0 Å². The van der Waals surface area contributed by atoms with Crippen molar-refractivity contribution in [3.05, 3.63) is 10.6 Å². The zero-order valence-corrected chi connectivity index (χ0v) is 15.3. The molecule has 1 aromatic rings. The van der Waals surface area contributed by atoms with Gasteiger partial charge in [0.05, 0.1) is 5.25 Å². The molecule has 1 saturated heterocycles. The molecule has 5 nitrogen and oxygen atoms in total. The molecule has 1 fully saturated rings. The number of nitrogens with zero attached hydrogens (tertiary/aromatic N) is 3. The van der Waals surface area contributed by atoms with Crippen LogP contribution in [0, 0.1) is 4.77 Å². The molecule has 0 aromatic carbocycles. The number of aromatic nitrogens is 3. The molecular weight excluding hydrogens is 316 g/mol. The molecule has 0 aliphatic carbocycles. The van der Waals surface area contributed by atoms with Gasteiger partial charge in [0.2, 0.25) is 5.91 Å². The van der Waals surface area contributed by atoms with Gasteiger partial charge < -0.3 is 9.47 Å². The van der Waals surface area contributed by atoms with E-state index in [-0.39, 0.29) is 11.2 Å². The summed E-state index contributed by atoms with van der Waals surface area (Å²) in [4.78, 5) is 14.5. The Morgan fingerprint density at radius 3 is 2.73 bits per heavy atom. The topological polar surface area (TPSA) is 53.9 Å². The van der Waals surface area contributed by atoms with Gasteiger partial charge in [-0.1, -0.05) is 13.3 Å². The molecule has 1 amide bonds. The van der Waals surface area contributed by atoms with Gasteiger partial charge in [-0.3, -0.25) is 9.89 Å². The number of hydrogen-bond donors (Lipinski definition) is 1. The lowest BCUT2D eigenvalue weighted by molar-refractivity contribution is -0.131. The second-order valence-electron chi connectivity index (χ2n) is 5.91. The van der Waals surface area contributed by atoms with Gasteiger partial charge in [0, 0.05) is 26.1 Å². The van der Waals surface area contributed by atoms with Gasteiger partial charge in [-0.15, -0.1) is 11.8 Å². The number of aromatic amines is 1. The average Bonchev–Trinajstić information content (AvgIpc) is 2.86. The van der Waals surface area contributed by atoms with Crippen molar-refractivity contribution >= 4 is 29.9 Å². The lowest BCUT2D eigenvalue weighted by Crippen LogP contribution is -2.42. The van der Waals surface area contributed by atoms with E-state index in [1.807, 2.05) is 23.4 Å². The van der Waals surface area contributed by atoms with Gasteiger partial charge in [0.25, 0.3) is 0 Å². The van der Waals surface area contributed by atoms with E-state index < -0.39 is 0 Å². The largest absolute Gasteiger partial charge is 0.342 e. The van der Waals surface area contributed by atoms with Crippen molar-refractivity contribution in [2.45, 2.75) is 50.7 Å². The molecule has 0 bridgehead atoms. The molecule has 1 unspecified atom stereocenters. The quantitative estimate of drug-likeness (QED) is 0.637. The summed E-state index contributed by atoms with van der Waals surface area (Å²) in [5.41, 5.74) is 0. The van der Waals surface area contributed by atoms with Crippen molar-refractivity contribution in [1.29, 1.82) is 0 Å². The number of H-pyrrole nitrogens is 1. The number of unbranched alkanes of at least 4 members (excludes halogenated alkanes) is 1. The van der Waals surface area contributed by atoms with Crippen molar-refractivity contribution in [3.63, 3.8) is 0 Å². The van der Waals surface area contributed by atoms with E-state index in [9.17, 15) is 4.79 Å². The minimum Gasteiger partial charge on any atom is -0.342 e. The van der Waals surface area contributed by atoms with E-state index in [2.05, 4.69) is 17.1 Å². The van der Waals surface area contributed by atoms with E-state index in [0.717, 1.165) is 37.5 Å². The number of piperidine rings is 1. The van der Waals surface area contributed by atoms with Crippen molar-refractivity contribution in [2.24, 2.45) is 7.05 Å². The zero-order valence-electron chi connectivity index (χ0n) is 13.7. The van der Waals surface area contributed by atoms with E-state index in [0.29, 0.717) is 10.7 Å². The lowest BCUT2D eigenvalue weighted by atomic mass is 9.96. The van der Waals surface area contributed by atoms with Crippen LogP contribution in [0.3, 0.4) is 0 Å². The third-order valence-electron chi connectivity index (χ3n) is 4.30. The first-order chi connectivity index (χ1) is 10.5. The summed E-state index contributed by atoms with van der Waals surface area (Å²) >= 11 is 6.95. The van der Waals surface area contributed by atoms with Crippen molar-refractivity contribution in [2.75, 3.05) is 18.8 Å². The molecule has 2 heterocycles. The van der Waals surface area contributed by atoms with Crippen molar-refractivity contribution < 1.29 is 4.79 Å². The molecule has 2 rings (SSSR count). The molecule has 124 valence electrons. The van der Waals surface area contributed by atoms with Crippen molar-refractivity contribution in [3.8, 4) is 0 Å². The fraction of sp³-hybridized carbons (Fsp3) is 0.800. The SMILES string of the molecule is CCCCSC(C)C(=O)N1CCC(c2n[nH]c(=S)n2C)CC1. The monoisotopic (exact) mass is 342 g/mol. The molecule has 0 radical (unpaired) electrons. The number of hydrogen-bond acceptors (Lipinski definition) is 4. The van der Waals surface area contributed by atoms with Crippen molar-refractivity contribution in [1.82, 2.24) is 19.7 Å². The Hall–Kier alpha value is -0.820. The fourth-order valence-electron chi connectivity index (χ4n) is 2.82. The zero-order chi connectivity index (χ0) is 16.1. The second kappa shape index (κ2) is 8.15. The van der Waals surface area contributed by atoms with Crippen LogP contribution in [0.4, 0.5) is 0 Å². The molecule has 1 aliphatic heterocycles. The standard InChI is InChI=1S/C15H26N4OS2/c1-4-5-10-22-11(2)14(20)19-8-6-12(7-9-19)13-16-17-15(21)18(13)3/h11-12H,4-10H2,1-3H3,(H,17,21). The molecule has 0 spiro atoms. The summed E-state index contributed by atoms with van der Waals surface area (Å²) in [6.07, 6.45) is 4.30. The highest BCUT2D eigenvalue weighted by molar-refractivity contribution is 8.00. The summed E-state index contributed by atoms with van der Waals surface area (Å²) in [5, 5.41) is 7.25. The van der Waals surface area contributed by atoms with Gasteiger partial charge in [-0.25, -0.2) is 0 Å². The van der Waals surface area contributed by atoms with Gasteiger partial charge in [-0.2, -0.15) is 5.10 Å². The summed E-state index contributed by atoms with van der Waals surface area (Å²) in [5.74, 6) is 2.77. The highest BCUT2D eigenvalue weighted by Crippen LogP contribution is 2.27. The molecule has 1 atom stereocenters. The number of amides is 1. The van der Waals surface area contributed by atoms with Crippen LogP contribution in [-0.2, 0) is 11.8 Å². The number of carbonyl (C=O) groups excluding carboxylic acids is 1. The molecule has 1 N–H and O–H groups in total. The third-order valence-corrected chi connectivity index (χ3v) is 5.89. The van der Waals surface area contributed by atoms with Crippen LogP contribution in [0.5, 0.6) is 0 Å². The number of likely N-dealkylation sites (tertiary alicyclic amines) is 1. The first-order valence-corrected chi connectivity index (χ1v) is 9.52. The van der Waals surface area contributed by atoms with Crippen LogP contribution in [0.2, 0.25) is 0 Å². The van der Waals surface area contributed by atoms with Crippen LogP contribution in [0.15, 0.2) is 0 Å². The van der Waals surface area contributed by atoms with E-state index >= 15 is 0 Å². The predicted octanol–water partition coefficient (Wildman–Crippen LogP) is 3.11. The highest BCUT2D eigenvalue weighted by Gasteiger charge is 2.28. The number of rotatable bonds is 6. The van der Waals surface area contributed by atoms with E-state index in [1.54, 1.807) is 11.8 Å². The molecule has 1 aromatic heterocycles. The normalized spacial score (nSPS) is 17.7. The van der Waals surface area contributed by atoms with E-state index in [1.165, 1.54) is 12.8 Å². The second-order valence-corrected chi connectivity index (χ2v) is 7.75. The van der Waals surface area contributed by atoms with Gasteiger partial charge in [0.15, 0.2) is 4.77 Å².